The first-order valence-corrected chi connectivity index (χ1v) is 19.0. The summed E-state index contributed by atoms with van der Waals surface area (Å²) >= 11 is 0. The molecule has 3 aromatic heterocycles. The van der Waals surface area contributed by atoms with Crippen LogP contribution in [0.3, 0.4) is 0 Å². The van der Waals surface area contributed by atoms with Crippen LogP contribution in [0.2, 0.25) is 0 Å². The highest BCUT2D eigenvalue weighted by atomic mass is 15.2. The standard InChI is InChI=1S/C52H34N4/c1-4-14-35(15-5-1)37-24-28-39(29-25-37)45-34-46(40-30-26-38(27-31-40)36-16-6-2-7-17-36)54-52(53-45)56-48-23-13-11-21-44(48)50-49(56)33-32-43-42-20-10-12-22-47(42)55(51(43)50)41-18-8-3-9-19-41/h1-34H. The van der Waals surface area contributed by atoms with E-state index in [2.05, 4.69) is 215 Å². The minimum absolute atomic E-state index is 0.629. The Morgan fingerprint density at radius 2 is 0.750 bits per heavy atom. The molecular formula is C52H34N4. The normalized spacial score (nSPS) is 11.6. The van der Waals surface area contributed by atoms with Crippen molar-refractivity contribution in [1.29, 1.82) is 0 Å². The molecule has 0 aliphatic heterocycles. The molecule has 0 aliphatic rings. The molecule has 56 heavy (non-hydrogen) atoms. The Hall–Kier alpha value is -7.56. The molecule has 0 fully saturated rings. The van der Waals surface area contributed by atoms with Crippen molar-refractivity contribution in [3.05, 3.63) is 206 Å². The first kappa shape index (κ1) is 31.9. The molecule has 11 aromatic rings. The number of benzene rings is 8. The van der Waals surface area contributed by atoms with Gasteiger partial charge in [-0.3, -0.25) is 4.57 Å². The minimum Gasteiger partial charge on any atom is -0.309 e. The summed E-state index contributed by atoms with van der Waals surface area (Å²) in [6.45, 7) is 0. The Balaban J connectivity index is 1.17. The van der Waals surface area contributed by atoms with Gasteiger partial charge in [0.2, 0.25) is 5.95 Å². The minimum atomic E-state index is 0.629. The molecule has 0 spiro atoms. The zero-order valence-electron chi connectivity index (χ0n) is 30.4. The summed E-state index contributed by atoms with van der Waals surface area (Å²) in [7, 11) is 0. The molecular weight excluding hydrogens is 681 g/mol. The Labute approximate surface area is 324 Å². The van der Waals surface area contributed by atoms with E-state index in [-0.39, 0.29) is 0 Å². The van der Waals surface area contributed by atoms with Gasteiger partial charge in [-0.25, -0.2) is 9.97 Å². The van der Waals surface area contributed by atoms with Crippen LogP contribution < -0.4 is 0 Å². The fraction of sp³-hybridized carbons (Fsp3) is 0. The van der Waals surface area contributed by atoms with Crippen molar-refractivity contribution >= 4 is 43.6 Å². The zero-order chi connectivity index (χ0) is 37.0. The van der Waals surface area contributed by atoms with E-state index >= 15 is 0 Å². The topological polar surface area (TPSA) is 35.6 Å². The van der Waals surface area contributed by atoms with Crippen molar-refractivity contribution in [2.75, 3.05) is 0 Å². The van der Waals surface area contributed by atoms with Crippen LogP contribution in [0.15, 0.2) is 206 Å². The molecule has 0 saturated heterocycles. The summed E-state index contributed by atoms with van der Waals surface area (Å²) in [6, 6.07) is 73.1. The van der Waals surface area contributed by atoms with Gasteiger partial charge in [-0.1, -0.05) is 170 Å². The van der Waals surface area contributed by atoms with Gasteiger partial charge in [0.25, 0.3) is 0 Å². The first-order chi connectivity index (χ1) is 27.8. The molecule has 0 radical (unpaired) electrons. The van der Waals surface area contributed by atoms with Gasteiger partial charge >= 0.3 is 0 Å². The highest BCUT2D eigenvalue weighted by Gasteiger charge is 2.22. The molecule has 4 nitrogen and oxygen atoms in total. The summed E-state index contributed by atoms with van der Waals surface area (Å²) < 4.78 is 4.66. The summed E-state index contributed by atoms with van der Waals surface area (Å²) in [5.74, 6) is 0.629. The van der Waals surface area contributed by atoms with Crippen LogP contribution in [0.1, 0.15) is 0 Å². The quantitative estimate of drug-likeness (QED) is 0.172. The van der Waals surface area contributed by atoms with Gasteiger partial charge in [0.15, 0.2) is 0 Å². The van der Waals surface area contributed by atoms with Crippen molar-refractivity contribution in [1.82, 2.24) is 19.1 Å². The van der Waals surface area contributed by atoms with Gasteiger partial charge in [-0.05, 0) is 58.7 Å². The van der Waals surface area contributed by atoms with Gasteiger partial charge in [0, 0.05) is 38.4 Å². The average molecular weight is 715 g/mol. The number of rotatable bonds is 6. The lowest BCUT2D eigenvalue weighted by molar-refractivity contribution is 0.996. The highest BCUT2D eigenvalue weighted by Crippen LogP contribution is 2.42. The van der Waals surface area contributed by atoms with E-state index in [9.17, 15) is 0 Å². The molecule has 262 valence electrons. The number of hydrogen-bond donors (Lipinski definition) is 0. The van der Waals surface area contributed by atoms with E-state index in [4.69, 9.17) is 9.97 Å². The SMILES string of the molecule is c1ccc(-c2ccc(-c3cc(-c4ccc(-c5ccccc5)cc4)nc(-n4c5ccccc5c5c4ccc4c6ccccc6n(-c6ccccc6)c45)n3)cc2)cc1. The lowest BCUT2D eigenvalue weighted by Gasteiger charge is -2.13. The van der Waals surface area contributed by atoms with E-state index < -0.39 is 0 Å². The predicted octanol–water partition coefficient (Wildman–Crippen LogP) is 13.3. The second kappa shape index (κ2) is 13.1. The monoisotopic (exact) mass is 714 g/mol. The fourth-order valence-corrected chi connectivity index (χ4v) is 8.33. The van der Waals surface area contributed by atoms with Crippen LogP contribution in [-0.4, -0.2) is 19.1 Å². The molecule has 0 atom stereocenters. The molecule has 0 aliphatic carbocycles. The average Bonchev–Trinajstić information content (AvgIpc) is 3.80. The molecule has 0 amide bonds. The van der Waals surface area contributed by atoms with Gasteiger partial charge < -0.3 is 4.57 Å². The number of para-hydroxylation sites is 3. The molecule has 4 heteroatoms. The van der Waals surface area contributed by atoms with Crippen LogP contribution in [0.5, 0.6) is 0 Å². The molecule has 0 unspecified atom stereocenters. The van der Waals surface area contributed by atoms with Gasteiger partial charge in [-0.2, -0.15) is 0 Å². The van der Waals surface area contributed by atoms with Crippen LogP contribution in [0.25, 0.3) is 100 Å². The maximum Gasteiger partial charge on any atom is 0.235 e. The molecule has 0 saturated carbocycles. The summed E-state index contributed by atoms with van der Waals surface area (Å²) in [5, 5.41) is 4.77. The molecule has 0 bridgehead atoms. The highest BCUT2D eigenvalue weighted by molar-refractivity contribution is 6.26. The molecule has 11 rings (SSSR count). The number of nitrogens with zero attached hydrogens (tertiary/aromatic N) is 4. The summed E-state index contributed by atoms with van der Waals surface area (Å²) in [6.07, 6.45) is 0. The Morgan fingerprint density at radius 3 is 1.32 bits per heavy atom. The van der Waals surface area contributed by atoms with Crippen LogP contribution in [0.4, 0.5) is 0 Å². The van der Waals surface area contributed by atoms with Crippen molar-refractivity contribution in [3.63, 3.8) is 0 Å². The smallest absolute Gasteiger partial charge is 0.235 e. The van der Waals surface area contributed by atoms with Crippen molar-refractivity contribution in [2.24, 2.45) is 0 Å². The third-order valence-electron chi connectivity index (χ3n) is 11.0. The number of hydrogen-bond acceptors (Lipinski definition) is 2. The van der Waals surface area contributed by atoms with E-state index in [1.165, 1.54) is 49.4 Å². The second-order valence-electron chi connectivity index (χ2n) is 14.2. The predicted molar refractivity (Wildman–Crippen MR) is 232 cm³/mol. The van der Waals surface area contributed by atoms with Gasteiger partial charge in [0.05, 0.1) is 33.5 Å². The molecule has 3 heterocycles. The van der Waals surface area contributed by atoms with Crippen LogP contribution >= 0.6 is 0 Å². The Bertz CT molecular complexity index is 3100. The lowest BCUT2D eigenvalue weighted by Crippen LogP contribution is -2.04. The van der Waals surface area contributed by atoms with Crippen LogP contribution in [-0.2, 0) is 0 Å². The van der Waals surface area contributed by atoms with Crippen molar-refractivity contribution < 1.29 is 0 Å². The van der Waals surface area contributed by atoms with Gasteiger partial charge in [-0.15, -0.1) is 0 Å². The summed E-state index contributed by atoms with van der Waals surface area (Å²) in [4.78, 5) is 10.8. The first-order valence-electron chi connectivity index (χ1n) is 19.0. The van der Waals surface area contributed by atoms with Crippen molar-refractivity contribution in [2.45, 2.75) is 0 Å². The third kappa shape index (κ3) is 5.23. The third-order valence-corrected chi connectivity index (χ3v) is 11.0. The maximum atomic E-state index is 5.39. The van der Waals surface area contributed by atoms with E-state index in [0.717, 1.165) is 44.6 Å². The fourth-order valence-electron chi connectivity index (χ4n) is 8.33. The van der Waals surface area contributed by atoms with E-state index in [1.54, 1.807) is 0 Å². The van der Waals surface area contributed by atoms with E-state index in [1.807, 2.05) is 0 Å². The zero-order valence-corrected chi connectivity index (χ0v) is 30.4. The van der Waals surface area contributed by atoms with E-state index in [0.29, 0.717) is 5.95 Å². The number of fused-ring (bicyclic) bond motifs is 7. The number of aromatic nitrogens is 4. The lowest BCUT2D eigenvalue weighted by atomic mass is 10.0. The molecule has 0 N–H and O–H groups in total. The van der Waals surface area contributed by atoms with Crippen LogP contribution in [0, 0.1) is 0 Å². The molecule has 8 aromatic carbocycles. The largest absolute Gasteiger partial charge is 0.309 e. The maximum absolute atomic E-state index is 5.39. The Kier molecular flexibility index (Phi) is 7.46. The summed E-state index contributed by atoms with van der Waals surface area (Å²) in [5.41, 5.74) is 14.1. The Morgan fingerprint density at radius 1 is 0.304 bits per heavy atom. The van der Waals surface area contributed by atoms with Gasteiger partial charge in [0.1, 0.15) is 0 Å². The van der Waals surface area contributed by atoms with Crippen molar-refractivity contribution in [3.8, 4) is 56.4 Å². The second-order valence-corrected chi connectivity index (χ2v) is 14.2.